The Morgan fingerprint density at radius 3 is 2.75 bits per heavy atom. The van der Waals surface area contributed by atoms with Gasteiger partial charge in [-0.2, -0.15) is 0 Å². The first-order chi connectivity index (χ1) is 11.2. The fourth-order valence-corrected chi connectivity index (χ4v) is 3.77. The van der Waals surface area contributed by atoms with Gasteiger partial charge in [-0.3, -0.25) is 9.69 Å². The van der Waals surface area contributed by atoms with Crippen molar-refractivity contribution < 1.29 is 18.3 Å². The second-order valence-corrected chi connectivity index (χ2v) is 8.66. The van der Waals surface area contributed by atoms with Crippen LogP contribution in [-0.2, 0) is 14.8 Å². The number of hydrogen-bond acceptors (Lipinski definition) is 6. The Morgan fingerprint density at radius 1 is 1.46 bits per heavy atom. The standard InChI is InChI=1S/C14H21ClN4O4S/c1-18(2)24(22,23)9-10-6-19(7-12(10)20)8-14(21)17-13-4-3-11(15)5-16-13/h3-5,10,12,20H,6-9H2,1-2H3,(H,16,17,21)/t10-,12+/m0/s1. The molecule has 1 aliphatic heterocycles. The Morgan fingerprint density at radius 2 is 2.17 bits per heavy atom. The van der Waals surface area contributed by atoms with E-state index < -0.39 is 22.0 Å². The molecule has 1 aromatic rings. The minimum absolute atomic E-state index is 0.0554. The van der Waals surface area contributed by atoms with E-state index in [9.17, 15) is 18.3 Å². The molecular weight excluding hydrogens is 356 g/mol. The number of aromatic nitrogens is 1. The quantitative estimate of drug-likeness (QED) is 0.716. The summed E-state index contributed by atoms with van der Waals surface area (Å²) in [6.07, 6.45) is 0.653. The molecule has 134 valence electrons. The summed E-state index contributed by atoms with van der Waals surface area (Å²) in [5, 5.41) is 13.2. The van der Waals surface area contributed by atoms with E-state index in [1.54, 1.807) is 17.0 Å². The number of nitrogens with zero attached hydrogens (tertiary/aromatic N) is 3. The van der Waals surface area contributed by atoms with Crippen LogP contribution >= 0.6 is 11.6 Å². The van der Waals surface area contributed by atoms with Gasteiger partial charge in [-0.05, 0) is 12.1 Å². The monoisotopic (exact) mass is 376 g/mol. The summed E-state index contributed by atoms with van der Waals surface area (Å²) in [7, 11) is -0.477. The van der Waals surface area contributed by atoms with Crippen LogP contribution in [0, 0.1) is 5.92 Å². The van der Waals surface area contributed by atoms with E-state index in [2.05, 4.69) is 10.3 Å². The molecule has 0 unspecified atom stereocenters. The number of aliphatic hydroxyl groups excluding tert-OH is 1. The lowest BCUT2D eigenvalue weighted by Crippen LogP contribution is -2.34. The molecule has 0 bridgehead atoms. The van der Waals surface area contributed by atoms with Crippen LogP contribution in [0.1, 0.15) is 0 Å². The Bertz CT molecular complexity index is 681. The lowest BCUT2D eigenvalue weighted by molar-refractivity contribution is -0.117. The highest BCUT2D eigenvalue weighted by Gasteiger charge is 2.35. The zero-order chi connectivity index (χ0) is 17.9. The summed E-state index contributed by atoms with van der Waals surface area (Å²) in [5.41, 5.74) is 0. The molecule has 0 aliphatic carbocycles. The maximum Gasteiger partial charge on any atom is 0.239 e. The van der Waals surface area contributed by atoms with Gasteiger partial charge in [0.2, 0.25) is 15.9 Å². The third kappa shape index (κ3) is 5.12. The van der Waals surface area contributed by atoms with Gasteiger partial charge in [-0.1, -0.05) is 11.6 Å². The summed E-state index contributed by atoms with van der Waals surface area (Å²) in [5.74, 6) is -0.458. The van der Waals surface area contributed by atoms with E-state index in [0.717, 1.165) is 4.31 Å². The lowest BCUT2D eigenvalue weighted by atomic mass is 10.1. The molecule has 8 nitrogen and oxygen atoms in total. The predicted octanol–water partition coefficient (Wildman–Crippen LogP) is -0.142. The molecule has 0 radical (unpaired) electrons. The number of halogens is 1. The van der Waals surface area contributed by atoms with Crippen LogP contribution in [0.3, 0.4) is 0 Å². The minimum Gasteiger partial charge on any atom is -0.391 e. The van der Waals surface area contributed by atoms with Gasteiger partial charge < -0.3 is 10.4 Å². The van der Waals surface area contributed by atoms with Gasteiger partial charge in [0.15, 0.2) is 0 Å². The SMILES string of the molecule is CN(C)S(=O)(=O)C[C@@H]1CN(CC(=O)Nc2ccc(Cl)cn2)C[C@H]1O. The van der Waals surface area contributed by atoms with Gasteiger partial charge in [0.25, 0.3) is 0 Å². The molecule has 24 heavy (non-hydrogen) atoms. The minimum atomic E-state index is -3.40. The number of hydrogen-bond donors (Lipinski definition) is 2. The number of aliphatic hydroxyl groups is 1. The number of amides is 1. The first-order valence-corrected chi connectivity index (χ1v) is 9.38. The second kappa shape index (κ2) is 7.75. The Hall–Kier alpha value is -1.26. The van der Waals surface area contributed by atoms with Crippen molar-refractivity contribution in [2.24, 2.45) is 5.92 Å². The van der Waals surface area contributed by atoms with Crippen LogP contribution in [0.15, 0.2) is 18.3 Å². The van der Waals surface area contributed by atoms with E-state index in [1.165, 1.54) is 20.3 Å². The molecule has 2 N–H and O–H groups in total. The van der Waals surface area contributed by atoms with Gasteiger partial charge in [-0.15, -0.1) is 0 Å². The summed E-state index contributed by atoms with van der Waals surface area (Å²) in [6.45, 7) is 0.657. The molecular formula is C14H21ClN4O4S. The number of carbonyl (C=O) groups excluding carboxylic acids is 1. The number of carbonyl (C=O) groups is 1. The number of pyridine rings is 1. The van der Waals surface area contributed by atoms with Crippen LogP contribution in [0.25, 0.3) is 0 Å². The number of sulfonamides is 1. The second-order valence-electron chi connectivity index (χ2n) is 5.99. The fraction of sp³-hybridized carbons (Fsp3) is 0.571. The summed E-state index contributed by atoms with van der Waals surface area (Å²) < 4.78 is 25.0. The van der Waals surface area contributed by atoms with Crippen molar-refractivity contribution in [3.8, 4) is 0 Å². The van der Waals surface area contributed by atoms with E-state index in [-0.39, 0.29) is 24.7 Å². The summed E-state index contributed by atoms with van der Waals surface area (Å²) in [4.78, 5) is 17.7. The van der Waals surface area contributed by atoms with Crippen LogP contribution in [0.4, 0.5) is 5.82 Å². The highest BCUT2D eigenvalue weighted by Crippen LogP contribution is 2.19. The van der Waals surface area contributed by atoms with Gasteiger partial charge in [0.1, 0.15) is 5.82 Å². The first kappa shape index (κ1) is 19.1. The molecule has 2 heterocycles. The van der Waals surface area contributed by atoms with Crippen molar-refractivity contribution in [2.45, 2.75) is 6.10 Å². The van der Waals surface area contributed by atoms with Gasteiger partial charge >= 0.3 is 0 Å². The van der Waals surface area contributed by atoms with E-state index in [1.807, 2.05) is 0 Å². The molecule has 2 rings (SSSR count). The van der Waals surface area contributed by atoms with Crippen LogP contribution in [-0.4, -0.2) is 79.2 Å². The summed E-state index contributed by atoms with van der Waals surface area (Å²) in [6, 6.07) is 3.21. The van der Waals surface area contributed by atoms with Crippen molar-refractivity contribution in [3.63, 3.8) is 0 Å². The van der Waals surface area contributed by atoms with Crippen LogP contribution in [0.2, 0.25) is 5.02 Å². The third-order valence-electron chi connectivity index (χ3n) is 3.83. The normalized spacial score (nSPS) is 22.0. The van der Waals surface area contributed by atoms with Gasteiger partial charge in [-0.25, -0.2) is 17.7 Å². The largest absolute Gasteiger partial charge is 0.391 e. The van der Waals surface area contributed by atoms with Crippen molar-refractivity contribution >= 4 is 33.3 Å². The predicted molar refractivity (Wildman–Crippen MR) is 91.3 cm³/mol. The number of rotatable bonds is 6. The van der Waals surface area contributed by atoms with Crippen LogP contribution < -0.4 is 5.32 Å². The van der Waals surface area contributed by atoms with Crippen molar-refractivity contribution in [2.75, 3.05) is 44.8 Å². The molecule has 1 amide bonds. The van der Waals surface area contributed by atoms with E-state index >= 15 is 0 Å². The Balaban J connectivity index is 1.88. The van der Waals surface area contributed by atoms with Crippen molar-refractivity contribution in [1.82, 2.24) is 14.2 Å². The molecule has 1 aliphatic rings. The lowest BCUT2D eigenvalue weighted by Gasteiger charge is -2.17. The molecule has 0 spiro atoms. The van der Waals surface area contributed by atoms with Crippen molar-refractivity contribution in [1.29, 1.82) is 0 Å². The number of nitrogens with one attached hydrogen (secondary N) is 1. The average Bonchev–Trinajstić information content (AvgIpc) is 2.80. The highest BCUT2D eigenvalue weighted by molar-refractivity contribution is 7.89. The maximum atomic E-state index is 12.0. The first-order valence-electron chi connectivity index (χ1n) is 7.39. The molecule has 10 heteroatoms. The number of anilines is 1. The molecule has 1 fully saturated rings. The Kier molecular flexibility index (Phi) is 6.16. The fourth-order valence-electron chi connectivity index (χ4n) is 2.49. The van der Waals surface area contributed by atoms with E-state index in [4.69, 9.17) is 11.6 Å². The highest BCUT2D eigenvalue weighted by atomic mass is 35.5. The van der Waals surface area contributed by atoms with Crippen LogP contribution in [0.5, 0.6) is 0 Å². The Labute approximate surface area is 146 Å². The van der Waals surface area contributed by atoms with Gasteiger partial charge in [0, 0.05) is 39.3 Å². The number of β-amino-alcohol motifs (C(OH)–C–C–N with tert-alkyl or cyclic N) is 1. The molecule has 1 saturated heterocycles. The van der Waals surface area contributed by atoms with E-state index in [0.29, 0.717) is 17.4 Å². The third-order valence-corrected chi connectivity index (χ3v) is 6.01. The molecule has 0 saturated carbocycles. The smallest absolute Gasteiger partial charge is 0.239 e. The number of likely N-dealkylation sites (tertiary alicyclic amines) is 1. The molecule has 2 atom stereocenters. The molecule has 1 aromatic heterocycles. The topological polar surface area (TPSA) is 103 Å². The zero-order valence-corrected chi connectivity index (χ0v) is 15.1. The summed E-state index contributed by atoms with van der Waals surface area (Å²) >= 11 is 5.73. The zero-order valence-electron chi connectivity index (χ0n) is 13.5. The average molecular weight is 377 g/mol. The van der Waals surface area contributed by atoms with Gasteiger partial charge in [0.05, 0.1) is 23.4 Å². The van der Waals surface area contributed by atoms with Crippen molar-refractivity contribution in [3.05, 3.63) is 23.4 Å². The maximum absolute atomic E-state index is 12.0. The molecule has 0 aromatic carbocycles.